The van der Waals surface area contributed by atoms with E-state index in [1.165, 1.54) is 12.1 Å². The molecule has 0 fully saturated rings. The number of amides is 1. The van der Waals surface area contributed by atoms with Crippen LogP contribution in [0.25, 0.3) is 0 Å². The van der Waals surface area contributed by atoms with Gasteiger partial charge in [0.1, 0.15) is 5.82 Å². The molecule has 0 heterocycles. The van der Waals surface area contributed by atoms with E-state index in [0.717, 1.165) is 12.8 Å². The lowest BCUT2D eigenvalue weighted by Crippen LogP contribution is -2.11. The third-order valence-electron chi connectivity index (χ3n) is 1.99. The fourth-order valence-electron chi connectivity index (χ4n) is 1.19. The molecule has 2 nitrogen and oxygen atoms in total. The Hall–Kier alpha value is -0.610. The van der Waals surface area contributed by atoms with Gasteiger partial charge >= 0.3 is 0 Å². The van der Waals surface area contributed by atoms with Crippen molar-refractivity contribution in [2.24, 2.45) is 0 Å². The number of benzene rings is 1. The largest absolute Gasteiger partial charge is 0.325 e. The smallest absolute Gasteiger partial charge is 0.224 e. The molecular weight excluding hydrogens is 296 g/mol. The van der Waals surface area contributed by atoms with E-state index in [4.69, 9.17) is 11.6 Å². The number of hydrogen-bond donors (Lipinski definition) is 1. The van der Waals surface area contributed by atoms with Gasteiger partial charge in [-0.25, -0.2) is 4.39 Å². The third-order valence-corrected chi connectivity index (χ3v) is 2.95. The van der Waals surface area contributed by atoms with Crippen molar-refractivity contribution >= 4 is 39.1 Å². The zero-order valence-corrected chi connectivity index (χ0v) is 10.9. The van der Waals surface area contributed by atoms with Gasteiger partial charge in [-0.3, -0.25) is 4.79 Å². The Balaban J connectivity index is 2.52. The molecule has 0 unspecified atom stereocenters. The molecule has 1 N–H and O–H groups in total. The highest BCUT2D eigenvalue weighted by Gasteiger charge is 2.06. The number of halogens is 3. The van der Waals surface area contributed by atoms with E-state index in [9.17, 15) is 9.18 Å². The minimum Gasteiger partial charge on any atom is -0.325 e. The van der Waals surface area contributed by atoms with Crippen LogP contribution < -0.4 is 5.32 Å². The van der Waals surface area contributed by atoms with Gasteiger partial charge in [0, 0.05) is 16.8 Å². The van der Waals surface area contributed by atoms with Gasteiger partial charge in [-0.15, -0.1) is 11.6 Å². The van der Waals surface area contributed by atoms with E-state index >= 15 is 0 Å². The van der Waals surface area contributed by atoms with Gasteiger partial charge < -0.3 is 5.32 Å². The molecular formula is C11H12BrClFNO. The van der Waals surface area contributed by atoms with Crippen molar-refractivity contribution in [3.8, 4) is 0 Å². The number of alkyl halides is 1. The molecule has 0 aliphatic rings. The Kier molecular flexibility index (Phi) is 5.77. The van der Waals surface area contributed by atoms with Crippen LogP contribution in [0, 0.1) is 5.82 Å². The minimum atomic E-state index is -0.376. The van der Waals surface area contributed by atoms with Crippen molar-refractivity contribution in [3.05, 3.63) is 28.5 Å². The molecule has 88 valence electrons. The number of hydrogen-bond acceptors (Lipinski definition) is 1. The lowest BCUT2D eigenvalue weighted by atomic mass is 10.2. The number of carbonyl (C=O) groups is 1. The van der Waals surface area contributed by atoms with Gasteiger partial charge in [-0.2, -0.15) is 0 Å². The second kappa shape index (κ2) is 6.86. The van der Waals surface area contributed by atoms with Crippen LogP contribution in [-0.2, 0) is 4.79 Å². The van der Waals surface area contributed by atoms with E-state index in [1.807, 2.05) is 0 Å². The van der Waals surface area contributed by atoms with Gasteiger partial charge in [-0.1, -0.05) is 0 Å². The van der Waals surface area contributed by atoms with E-state index in [2.05, 4.69) is 21.2 Å². The molecule has 1 aromatic carbocycles. The summed E-state index contributed by atoms with van der Waals surface area (Å²) in [5.41, 5.74) is 0.455. The summed E-state index contributed by atoms with van der Waals surface area (Å²) in [5.74, 6) is 0.0485. The number of nitrogens with one attached hydrogen (secondary N) is 1. The monoisotopic (exact) mass is 307 g/mol. The topological polar surface area (TPSA) is 29.1 Å². The molecule has 0 aliphatic heterocycles. The lowest BCUT2D eigenvalue weighted by molar-refractivity contribution is -0.116. The van der Waals surface area contributed by atoms with Crippen LogP contribution in [0.1, 0.15) is 19.3 Å². The van der Waals surface area contributed by atoms with Crippen molar-refractivity contribution in [1.29, 1.82) is 0 Å². The number of rotatable bonds is 5. The fraction of sp³-hybridized carbons (Fsp3) is 0.364. The molecule has 0 spiro atoms. The average Bonchev–Trinajstić information content (AvgIpc) is 2.24. The van der Waals surface area contributed by atoms with Crippen molar-refractivity contribution in [3.63, 3.8) is 0 Å². The first kappa shape index (κ1) is 13.5. The van der Waals surface area contributed by atoms with Crippen LogP contribution in [0.5, 0.6) is 0 Å². The van der Waals surface area contributed by atoms with Crippen molar-refractivity contribution < 1.29 is 9.18 Å². The SMILES string of the molecule is O=C(CCCCCl)Nc1cc(F)ccc1Br. The summed E-state index contributed by atoms with van der Waals surface area (Å²) in [7, 11) is 0. The number of anilines is 1. The Labute approximate surface area is 107 Å². The van der Waals surface area contributed by atoms with Crippen LogP contribution in [0.4, 0.5) is 10.1 Å². The predicted molar refractivity (Wildman–Crippen MR) is 67.3 cm³/mol. The van der Waals surface area contributed by atoms with Crippen LogP contribution in [0.2, 0.25) is 0 Å². The van der Waals surface area contributed by atoms with E-state index < -0.39 is 0 Å². The average molecular weight is 309 g/mol. The summed E-state index contributed by atoms with van der Waals surface area (Å²) in [5, 5.41) is 2.64. The number of unbranched alkanes of at least 4 members (excludes halogenated alkanes) is 1. The molecule has 5 heteroatoms. The molecule has 1 aromatic rings. The summed E-state index contributed by atoms with van der Waals surface area (Å²) in [6, 6.07) is 4.17. The van der Waals surface area contributed by atoms with Gasteiger partial charge in [0.25, 0.3) is 0 Å². The summed E-state index contributed by atoms with van der Waals surface area (Å²) in [6.07, 6.45) is 1.94. The molecule has 0 aromatic heterocycles. The maximum atomic E-state index is 12.9. The first-order valence-electron chi connectivity index (χ1n) is 4.94. The molecule has 1 amide bonds. The second-order valence-corrected chi connectivity index (χ2v) is 4.55. The Morgan fingerprint density at radius 2 is 2.19 bits per heavy atom. The predicted octanol–water partition coefficient (Wildman–Crippen LogP) is 3.94. The zero-order chi connectivity index (χ0) is 12.0. The summed E-state index contributed by atoms with van der Waals surface area (Å²) in [4.78, 5) is 11.5. The van der Waals surface area contributed by atoms with Gasteiger partial charge in [0.2, 0.25) is 5.91 Å². The van der Waals surface area contributed by atoms with Gasteiger partial charge in [0.05, 0.1) is 5.69 Å². The fourth-order valence-corrected chi connectivity index (χ4v) is 1.72. The highest BCUT2D eigenvalue weighted by molar-refractivity contribution is 9.10. The molecule has 0 bridgehead atoms. The van der Waals surface area contributed by atoms with E-state index in [1.54, 1.807) is 6.07 Å². The van der Waals surface area contributed by atoms with Crippen molar-refractivity contribution in [2.75, 3.05) is 11.2 Å². The van der Waals surface area contributed by atoms with Gasteiger partial charge in [-0.05, 0) is 47.0 Å². The highest BCUT2D eigenvalue weighted by Crippen LogP contribution is 2.23. The lowest BCUT2D eigenvalue weighted by Gasteiger charge is -2.07. The quantitative estimate of drug-likeness (QED) is 0.648. The minimum absolute atomic E-state index is 0.128. The Morgan fingerprint density at radius 1 is 1.44 bits per heavy atom. The second-order valence-electron chi connectivity index (χ2n) is 3.32. The maximum absolute atomic E-state index is 12.9. The standard InChI is InChI=1S/C11H12BrClFNO/c12-9-5-4-8(14)7-10(9)15-11(16)3-1-2-6-13/h4-5,7H,1-3,6H2,(H,15,16). The molecule has 16 heavy (non-hydrogen) atoms. The van der Waals surface area contributed by atoms with E-state index in [0.29, 0.717) is 22.5 Å². The number of carbonyl (C=O) groups excluding carboxylic acids is 1. The molecule has 0 saturated heterocycles. The first-order valence-corrected chi connectivity index (χ1v) is 6.27. The van der Waals surface area contributed by atoms with Crippen LogP contribution >= 0.6 is 27.5 Å². The van der Waals surface area contributed by atoms with Crippen LogP contribution in [0.3, 0.4) is 0 Å². The van der Waals surface area contributed by atoms with Gasteiger partial charge in [0.15, 0.2) is 0 Å². The third kappa shape index (κ3) is 4.49. The van der Waals surface area contributed by atoms with Crippen molar-refractivity contribution in [1.82, 2.24) is 0 Å². The van der Waals surface area contributed by atoms with Crippen LogP contribution in [0.15, 0.2) is 22.7 Å². The molecule has 0 saturated carbocycles. The zero-order valence-electron chi connectivity index (χ0n) is 8.60. The molecule has 0 radical (unpaired) electrons. The summed E-state index contributed by atoms with van der Waals surface area (Å²) < 4.78 is 13.6. The molecule has 1 rings (SSSR count). The summed E-state index contributed by atoms with van der Waals surface area (Å²) >= 11 is 8.74. The first-order chi connectivity index (χ1) is 7.63. The Bertz CT molecular complexity index is 373. The highest BCUT2D eigenvalue weighted by atomic mass is 79.9. The maximum Gasteiger partial charge on any atom is 0.224 e. The molecule has 0 aliphatic carbocycles. The summed E-state index contributed by atoms with van der Waals surface area (Å²) in [6.45, 7) is 0. The van der Waals surface area contributed by atoms with Crippen molar-refractivity contribution in [2.45, 2.75) is 19.3 Å². The normalized spacial score (nSPS) is 10.2. The Morgan fingerprint density at radius 3 is 2.88 bits per heavy atom. The van der Waals surface area contributed by atoms with E-state index in [-0.39, 0.29) is 11.7 Å². The molecule has 0 atom stereocenters. The van der Waals surface area contributed by atoms with Crippen LogP contribution in [-0.4, -0.2) is 11.8 Å².